The SMILES string of the molecule is CC1=CC(Br)=C(C2=C(O)C3(CCCOC3)OC2=O)C(C)(Br)C1. The molecule has 1 aliphatic carbocycles. The molecule has 6 heteroatoms. The minimum atomic E-state index is -1.01. The highest BCUT2D eigenvalue weighted by atomic mass is 79.9. The Morgan fingerprint density at radius 2 is 2.14 bits per heavy atom. The van der Waals surface area contributed by atoms with E-state index in [2.05, 4.69) is 31.9 Å². The highest BCUT2D eigenvalue weighted by Crippen LogP contribution is 2.49. The molecule has 1 fully saturated rings. The van der Waals surface area contributed by atoms with E-state index in [4.69, 9.17) is 9.47 Å². The van der Waals surface area contributed by atoms with Crippen LogP contribution in [0, 0.1) is 0 Å². The lowest BCUT2D eigenvalue weighted by molar-refractivity contribution is -0.159. The minimum Gasteiger partial charge on any atom is -0.507 e. The Labute approximate surface area is 146 Å². The molecule has 0 bridgehead atoms. The molecule has 1 saturated heterocycles. The summed E-state index contributed by atoms with van der Waals surface area (Å²) in [7, 11) is 0. The molecule has 0 amide bonds. The molecule has 2 heterocycles. The molecule has 3 rings (SSSR count). The van der Waals surface area contributed by atoms with Gasteiger partial charge in [0.05, 0.1) is 10.9 Å². The summed E-state index contributed by atoms with van der Waals surface area (Å²) in [6, 6.07) is 0. The van der Waals surface area contributed by atoms with E-state index in [0.29, 0.717) is 13.0 Å². The molecule has 4 nitrogen and oxygen atoms in total. The number of carbonyl (C=O) groups is 1. The number of carbonyl (C=O) groups excluding carboxylic acids is 1. The number of aliphatic hydroxyl groups excluding tert-OH is 1. The Kier molecular flexibility index (Phi) is 4.06. The van der Waals surface area contributed by atoms with E-state index in [1.807, 2.05) is 19.9 Å². The van der Waals surface area contributed by atoms with Crippen LogP contribution in [-0.4, -0.2) is 34.2 Å². The molecule has 2 aliphatic heterocycles. The number of ether oxygens (including phenoxy) is 2. The summed E-state index contributed by atoms with van der Waals surface area (Å²) in [5.41, 5.74) is 1.19. The Morgan fingerprint density at radius 3 is 2.73 bits per heavy atom. The highest BCUT2D eigenvalue weighted by Gasteiger charge is 2.52. The maximum Gasteiger partial charge on any atom is 0.343 e. The molecule has 0 saturated carbocycles. The zero-order chi connectivity index (χ0) is 16.1. The Morgan fingerprint density at radius 1 is 1.41 bits per heavy atom. The van der Waals surface area contributed by atoms with Crippen LogP contribution in [0.5, 0.6) is 0 Å². The molecule has 1 N–H and O–H groups in total. The second kappa shape index (κ2) is 5.49. The molecule has 0 radical (unpaired) electrons. The van der Waals surface area contributed by atoms with Crippen molar-refractivity contribution in [1.29, 1.82) is 0 Å². The summed E-state index contributed by atoms with van der Waals surface area (Å²) in [6.45, 7) is 4.88. The zero-order valence-electron chi connectivity index (χ0n) is 12.5. The van der Waals surface area contributed by atoms with Gasteiger partial charge in [-0.05, 0) is 39.2 Å². The van der Waals surface area contributed by atoms with Gasteiger partial charge in [-0.3, -0.25) is 0 Å². The van der Waals surface area contributed by atoms with Gasteiger partial charge in [-0.2, -0.15) is 0 Å². The van der Waals surface area contributed by atoms with E-state index in [1.54, 1.807) is 0 Å². The van der Waals surface area contributed by atoms with Crippen molar-refractivity contribution in [2.45, 2.75) is 43.0 Å². The Bertz CT molecular complexity index is 622. The van der Waals surface area contributed by atoms with Gasteiger partial charge in [0.25, 0.3) is 0 Å². The Balaban J connectivity index is 2.13. The number of hydrogen-bond acceptors (Lipinski definition) is 4. The smallest absolute Gasteiger partial charge is 0.343 e. The van der Waals surface area contributed by atoms with Crippen LogP contribution in [0.25, 0.3) is 0 Å². The molecule has 0 aromatic heterocycles. The second-order valence-electron chi connectivity index (χ2n) is 6.35. The van der Waals surface area contributed by atoms with Crippen molar-refractivity contribution in [1.82, 2.24) is 0 Å². The number of esters is 1. The third kappa shape index (κ3) is 2.49. The summed E-state index contributed by atoms with van der Waals surface area (Å²) in [5, 5.41) is 10.8. The van der Waals surface area contributed by atoms with Crippen LogP contribution >= 0.6 is 31.9 Å². The summed E-state index contributed by atoms with van der Waals surface area (Å²) < 4.78 is 11.3. The third-order valence-corrected chi connectivity index (χ3v) is 5.66. The quantitative estimate of drug-likeness (QED) is 0.500. The van der Waals surface area contributed by atoms with Crippen molar-refractivity contribution < 1.29 is 19.4 Å². The molecule has 22 heavy (non-hydrogen) atoms. The molecular weight excluding hydrogens is 416 g/mol. The number of alkyl halides is 1. The van der Waals surface area contributed by atoms with Crippen molar-refractivity contribution in [2.75, 3.05) is 13.2 Å². The normalized spacial score (nSPS) is 36.0. The van der Waals surface area contributed by atoms with Gasteiger partial charge in [-0.15, -0.1) is 0 Å². The first-order valence-corrected chi connectivity index (χ1v) is 8.87. The lowest BCUT2D eigenvalue weighted by Crippen LogP contribution is -2.41. The lowest BCUT2D eigenvalue weighted by Gasteiger charge is -2.32. The largest absolute Gasteiger partial charge is 0.507 e. The Hall–Kier alpha value is -0.590. The number of hydrogen-bond donors (Lipinski definition) is 1. The summed E-state index contributed by atoms with van der Waals surface area (Å²) in [4.78, 5) is 12.5. The minimum absolute atomic E-state index is 0.00257. The predicted octanol–water partition coefficient (Wildman–Crippen LogP) is 4.06. The predicted molar refractivity (Wildman–Crippen MR) is 90.2 cm³/mol. The van der Waals surface area contributed by atoms with E-state index >= 15 is 0 Å². The standard InChI is InChI=1S/C16H18Br2O4/c1-9-6-10(17)12(15(2,18)7-9)11-13(19)16(22-14(11)20)4-3-5-21-8-16/h6,19H,3-5,7-8H2,1-2H3. The van der Waals surface area contributed by atoms with E-state index in [-0.39, 0.29) is 17.9 Å². The fourth-order valence-corrected chi connectivity index (χ4v) is 5.59. The van der Waals surface area contributed by atoms with Crippen molar-refractivity contribution in [3.63, 3.8) is 0 Å². The van der Waals surface area contributed by atoms with E-state index in [9.17, 15) is 9.90 Å². The van der Waals surface area contributed by atoms with Gasteiger partial charge in [-0.25, -0.2) is 4.79 Å². The van der Waals surface area contributed by atoms with Crippen LogP contribution in [0.1, 0.15) is 33.1 Å². The van der Waals surface area contributed by atoms with Crippen LogP contribution < -0.4 is 0 Å². The average molecular weight is 434 g/mol. The molecule has 120 valence electrons. The average Bonchev–Trinajstić information content (AvgIpc) is 2.62. The fraction of sp³-hybridized carbons (Fsp3) is 0.562. The van der Waals surface area contributed by atoms with Crippen molar-refractivity contribution in [3.8, 4) is 0 Å². The summed E-state index contributed by atoms with van der Waals surface area (Å²) in [5.74, 6) is -0.476. The van der Waals surface area contributed by atoms with Gasteiger partial charge in [0.1, 0.15) is 5.57 Å². The third-order valence-electron chi connectivity index (χ3n) is 4.36. The molecule has 1 spiro atoms. The van der Waals surface area contributed by atoms with Gasteiger partial charge in [-0.1, -0.05) is 37.4 Å². The molecule has 0 aromatic rings. The number of rotatable bonds is 1. The second-order valence-corrected chi connectivity index (χ2v) is 8.96. The number of allylic oxidation sites excluding steroid dienone is 3. The highest BCUT2D eigenvalue weighted by molar-refractivity contribution is 9.12. The first-order chi connectivity index (χ1) is 10.3. The fourth-order valence-electron chi connectivity index (χ4n) is 3.44. The van der Waals surface area contributed by atoms with Crippen molar-refractivity contribution in [2.24, 2.45) is 0 Å². The molecule has 2 atom stereocenters. The van der Waals surface area contributed by atoms with Gasteiger partial charge in [0.2, 0.25) is 0 Å². The lowest BCUT2D eigenvalue weighted by atomic mass is 9.82. The molecule has 0 aromatic carbocycles. The number of halogens is 2. The van der Waals surface area contributed by atoms with Crippen LogP contribution in [0.3, 0.4) is 0 Å². The van der Waals surface area contributed by atoms with E-state index in [1.165, 1.54) is 5.57 Å². The van der Waals surface area contributed by atoms with Gasteiger partial charge in [0, 0.05) is 16.7 Å². The van der Waals surface area contributed by atoms with Crippen LogP contribution in [0.4, 0.5) is 0 Å². The van der Waals surface area contributed by atoms with Crippen LogP contribution in [0.2, 0.25) is 0 Å². The monoisotopic (exact) mass is 432 g/mol. The van der Waals surface area contributed by atoms with Gasteiger partial charge in [0.15, 0.2) is 11.4 Å². The molecule has 2 unspecified atom stereocenters. The van der Waals surface area contributed by atoms with Crippen LogP contribution in [0.15, 0.2) is 33.0 Å². The van der Waals surface area contributed by atoms with Gasteiger partial charge >= 0.3 is 5.97 Å². The first kappa shape index (κ1) is 16.3. The first-order valence-electron chi connectivity index (χ1n) is 7.28. The van der Waals surface area contributed by atoms with Crippen molar-refractivity contribution in [3.05, 3.63) is 33.0 Å². The van der Waals surface area contributed by atoms with Gasteiger partial charge < -0.3 is 14.6 Å². The zero-order valence-corrected chi connectivity index (χ0v) is 15.7. The van der Waals surface area contributed by atoms with E-state index < -0.39 is 15.9 Å². The topological polar surface area (TPSA) is 55.8 Å². The van der Waals surface area contributed by atoms with Crippen molar-refractivity contribution >= 4 is 37.8 Å². The van der Waals surface area contributed by atoms with E-state index in [0.717, 1.165) is 22.9 Å². The molecular formula is C16H18Br2O4. The van der Waals surface area contributed by atoms with Crippen LogP contribution in [-0.2, 0) is 14.3 Å². The maximum atomic E-state index is 12.5. The molecule has 3 aliphatic rings. The summed E-state index contributed by atoms with van der Waals surface area (Å²) >= 11 is 7.24. The summed E-state index contributed by atoms with van der Waals surface area (Å²) in [6.07, 6.45) is 4.08. The maximum absolute atomic E-state index is 12.5. The number of aliphatic hydroxyl groups is 1.